The first-order valence-corrected chi connectivity index (χ1v) is 8.09. The number of anilines is 1. The molecule has 0 bridgehead atoms. The Kier molecular flexibility index (Phi) is 4.08. The van der Waals surface area contributed by atoms with Crippen molar-refractivity contribution in [1.29, 1.82) is 0 Å². The highest BCUT2D eigenvalue weighted by molar-refractivity contribution is 7.22. The molecule has 108 valence electrons. The van der Waals surface area contributed by atoms with Gasteiger partial charge in [-0.1, -0.05) is 44.2 Å². The van der Waals surface area contributed by atoms with E-state index in [9.17, 15) is 0 Å². The van der Waals surface area contributed by atoms with Crippen LogP contribution in [0, 0.1) is 5.92 Å². The average Bonchev–Trinajstić information content (AvgIpc) is 2.89. The smallest absolute Gasteiger partial charge is 0.225 e. The van der Waals surface area contributed by atoms with Crippen LogP contribution in [-0.2, 0) is 0 Å². The minimum absolute atomic E-state index is 0.287. The summed E-state index contributed by atoms with van der Waals surface area (Å²) in [5, 5.41) is 4.68. The molecule has 0 fully saturated rings. The first-order chi connectivity index (χ1) is 10.1. The Morgan fingerprint density at radius 2 is 1.95 bits per heavy atom. The molecule has 0 unspecified atom stereocenters. The Morgan fingerprint density at radius 1 is 1.19 bits per heavy atom. The molecule has 0 spiro atoms. The van der Waals surface area contributed by atoms with Gasteiger partial charge in [-0.05, 0) is 29.1 Å². The van der Waals surface area contributed by atoms with E-state index >= 15 is 0 Å². The average molecular weight is 318 g/mol. The Balaban J connectivity index is 2.06. The van der Waals surface area contributed by atoms with Crippen molar-refractivity contribution in [1.82, 2.24) is 9.97 Å². The Hall–Kier alpha value is -1.65. The normalized spacial score (nSPS) is 11.2. The van der Waals surface area contributed by atoms with Gasteiger partial charge in [0.05, 0.1) is 5.39 Å². The molecule has 2 heterocycles. The summed E-state index contributed by atoms with van der Waals surface area (Å²) in [5.74, 6) is 1.36. The van der Waals surface area contributed by atoms with Gasteiger partial charge in [0.25, 0.3) is 0 Å². The van der Waals surface area contributed by atoms with Crippen LogP contribution in [0.15, 0.2) is 36.4 Å². The van der Waals surface area contributed by atoms with Gasteiger partial charge >= 0.3 is 0 Å². The molecule has 0 aliphatic heterocycles. The zero-order valence-electron chi connectivity index (χ0n) is 11.9. The quantitative estimate of drug-likeness (QED) is 0.682. The van der Waals surface area contributed by atoms with Gasteiger partial charge in [0, 0.05) is 11.4 Å². The molecule has 3 aromatic rings. The van der Waals surface area contributed by atoms with E-state index in [1.165, 1.54) is 10.4 Å². The maximum Gasteiger partial charge on any atom is 0.225 e. The van der Waals surface area contributed by atoms with Crippen LogP contribution in [0.2, 0.25) is 5.28 Å². The van der Waals surface area contributed by atoms with Gasteiger partial charge in [0.2, 0.25) is 5.28 Å². The number of hydrogen-bond acceptors (Lipinski definition) is 4. The summed E-state index contributed by atoms with van der Waals surface area (Å²) in [7, 11) is 0. The minimum Gasteiger partial charge on any atom is -0.369 e. The number of fused-ring (bicyclic) bond motifs is 1. The van der Waals surface area contributed by atoms with Crippen LogP contribution < -0.4 is 5.32 Å². The predicted octanol–water partition coefficient (Wildman–Crippen LogP) is 5.08. The molecule has 21 heavy (non-hydrogen) atoms. The van der Waals surface area contributed by atoms with E-state index in [0.717, 1.165) is 22.6 Å². The third-order valence-corrected chi connectivity index (χ3v) is 4.35. The van der Waals surface area contributed by atoms with Crippen molar-refractivity contribution in [2.45, 2.75) is 13.8 Å². The Bertz CT molecular complexity index is 753. The molecule has 1 aromatic carbocycles. The SMILES string of the molecule is CC(C)CNc1nc(Cl)nc2sc(-c3ccccc3)cc12. The lowest BCUT2D eigenvalue weighted by atomic mass is 10.2. The monoisotopic (exact) mass is 317 g/mol. The van der Waals surface area contributed by atoms with Gasteiger partial charge in [-0.3, -0.25) is 0 Å². The zero-order valence-corrected chi connectivity index (χ0v) is 13.5. The second kappa shape index (κ2) is 6.00. The van der Waals surface area contributed by atoms with Crippen LogP contribution in [0.1, 0.15) is 13.8 Å². The lowest BCUT2D eigenvalue weighted by Crippen LogP contribution is -2.09. The summed E-state index contributed by atoms with van der Waals surface area (Å²) in [6.07, 6.45) is 0. The van der Waals surface area contributed by atoms with E-state index in [-0.39, 0.29) is 5.28 Å². The lowest BCUT2D eigenvalue weighted by molar-refractivity contribution is 0.687. The summed E-state index contributed by atoms with van der Waals surface area (Å²) in [4.78, 5) is 10.8. The van der Waals surface area contributed by atoms with E-state index in [1.54, 1.807) is 11.3 Å². The van der Waals surface area contributed by atoms with Crippen molar-refractivity contribution in [2.24, 2.45) is 5.92 Å². The number of thiophene rings is 1. The number of hydrogen-bond donors (Lipinski definition) is 1. The molecular formula is C16H16ClN3S. The van der Waals surface area contributed by atoms with Gasteiger partial charge in [0.1, 0.15) is 10.6 Å². The first kappa shape index (κ1) is 14.3. The van der Waals surface area contributed by atoms with E-state index < -0.39 is 0 Å². The molecule has 1 N–H and O–H groups in total. The summed E-state index contributed by atoms with van der Waals surface area (Å²) in [6.45, 7) is 5.19. The zero-order chi connectivity index (χ0) is 14.8. The van der Waals surface area contributed by atoms with E-state index in [0.29, 0.717) is 5.92 Å². The summed E-state index contributed by atoms with van der Waals surface area (Å²) >= 11 is 7.68. The second-order valence-corrected chi connectivity index (χ2v) is 6.68. The van der Waals surface area contributed by atoms with E-state index in [1.807, 2.05) is 18.2 Å². The van der Waals surface area contributed by atoms with Crippen molar-refractivity contribution in [3.05, 3.63) is 41.7 Å². The Labute approximate surface area is 133 Å². The van der Waals surface area contributed by atoms with Crippen molar-refractivity contribution in [2.75, 3.05) is 11.9 Å². The molecule has 0 aliphatic carbocycles. The largest absolute Gasteiger partial charge is 0.369 e. The van der Waals surface area contributed by atoms with Gasteiger partial charge in [-0.15, -0.1) is 11.3 Å². The lowest BCUT2D eigenvalue weighted by Gasteiger charge is -2.08. The topological polar surface area (TPSA) is 37.8 Å². The van der Waals surface area contributed by atoms with Crippen molar-refractivity contribution in [3.63, 3.8) is 0 Å². The minimum atomic E-state index is 0.287. The van der Waals surface area contributed by atoms with Gasteiger partial charge in [-0.2, -0.15) is 0 Å². The molecule has 0 aliphatic rings. The highest BCUT2D eigenvalue weighted by atomic mass is 35.5. The van der Waals surface area contributed by atoms with Crippen molar-refractivity contribution < 1.29 is 0 Å². The van der Waals surface area contributed by atoms with Crippen LogP contribution in [0.25, 0.3) is 20.7 Å². The van der Waals surface area contributed by atoms with E-state index in [2.05, 4.69) is 47.3 Å². The number of halogens is 1. The molecule has 0 saturated heterocycles. The fourth-order valence-electron chi connectivity index (χ4n) is 2.08. The maximum atomic E-state index is 6.04. The predicted molar refractivity (Wildman–Crippen MR) is 91.2 cm³/mol. The third-order valence-electron chi connectivity index (χ3n) is 3.10. The molecule has 0 saturated carbocycles. The molecule has 2 aromatic heterocycles. The number of rotatable bonds is 4. The van der Waals surface area contributed by atoms with Crippen molar-refractivity contribution in [3.8, 4) is 10.4 Å². The highest BCUT2D eigenvalue weighted by Gasteiger charge is 2.12. The van der Waals surface area contributed by atoms with Crippen LogP contribution in [0.4, 0.5) is 5.82 Å². The molecular weight excluding hydrogens is 302 g/mol. The maximum absolute atomic E-state index is 6.04. The number of aromatic nitrogens is 2. The number of nitrogens with one attached hydrogen (secondary N) is 1. The van der Waals surface area contributed by atoms with Gasteiger partial charge < -0.3 is 5.32 Å². The van der Waals surface area contributed by atoms with Crippen LogP contribution in [0.3, 0.4) is 0 Å². The highest BCUT2D eigenvalue weighted by Crippen LogP contribution is 2.35. The molecule has 5 heteroatoms. The van der Waals surface area contributed by atoms with Crippen LogP contribution >= 0.6 is 22.9 Å². The fraction of sp³-hybridized carbons (Fsp3) is 0.250. The van der Waals surface area contributed by atoms with Crippen LogP contribution in [-0.4, -0.2) is 16.5 Å². The van der Waals surface area contributed by atoms with Gasteiger partial charge in [0.15, 0.2) is 0 Å². The molecule has 0 amide bonds. The van der Waals surface area contributed by atoms with E-state index in [4.69, 9.17) is 11.6 Å². The molecule has 0 radical (unpaired) electrons. The second-order valence-electron chi connectivity index (χ2n) is 5.31. The molecule has 0 atom stereocenters. The Morgan fingerprint density at radius 3 is 2.67 bits per heavy atom. The third kappa shape index (κ3) is 3.17. The van der Waals surface area contributed by atoms with Crippen molar-refractivity contribution >= 4 is 39.0 Å². The van der Waals surface area contributed by atoms with Gasteiger partial charge in [-0.25, -0.2) is 9.97 Å². The summed E-state index contributed by atoms with van der Waals surface area (Å²) in [5.41, 5.74) is 1.19. The summed E-state index contributed by atoms with van der Waals surface area (Å²) < 4.78 is 0. The molecule has 3 rings (SSSR count). The standard InChI is InChI=1S/C16H16ClN3S/c1-10(2)9-18-14-12-8-13(11-6-4-3-5-7-11)21-15(12)20-16(17)19-14/h3-8,10H,9H2,1-2H3,(H,18,19,20). The molecule has 3 nitrogen and oxygen atoms in total. The number of benzene rings is 1. The van der Waals surface area contributed by atoms with Crippen LogP contribution in [0.5, 0.6) is 0 Å². The fourth-order valence-corrected chi connectivity index (χ4v) is 3.33. The number of nitrogens with zero attached hydrogens (tertiary/aromatic N) is 2. The summed E-state index contributed by atoms with van der Waals surface area (Å²) in [6, 6.07) is 12.4. The first-order valence-electron chi connectivity index (χ1n) is 6.90.